The molecule has 8 N–H and O–H groups in total. The number of carbonyl (C=O) groups excluding carboxylic acids is 1. The molecule has 1 aliphatic rings. The van der Waals surface area contributed by atoms with E-state index in [1.807, 2.05) is 6.07 Å². The summed E-state index contributed by atoms with van der Waals surface area (Å²) in [6.45, 7) is 1.62. The maximum absolute atomic E-state index is 12.5. The Labute approximate surface area is 324 Å². The van der Waals surface area contributed by atoms with Crippen molar-refractivity contribution in [1.82, 2.24) is 0 Å². The van der Waals surface area contributed by atoms with Gasteiger partial charge in [0.05, 0.1) is 26.3 Å². The molecule has 0 bridgehead atoms. The quantitative estimate of drug-likeness (QED) is 0.0794. The molecule has 18 nitrogen and oxygen atoms in total. The summed E-state index contributed by atoms with van der Waals surface area (Å²) in [5.41, 5.74) is 1.23. The minimum atomic E-state index is -4.21. The molecule has 1 heterocycles. The molecule has 21 heteroatoms. The second-order valence-corrected chi connectivity index (χ2v) is 14.7. The number of nitrogens with one attached hydrogen (secondary N) is 2. The average molecular weight is 825 g/mol. The molecule has 1 unspecified atom stereocenters. The number of benzene rings is 5. The molecular weight excluding hydrogens is 795 g/mol. The second-order valence-electron chi connectivity index (χ2n) is 11.5. The van der Waals surface area contributed by atoms with E-state index in [1.54, 1.807) is 55.5 Å². The van der Waals surface area contributed by atoms with Gasteiger partial charge < -0.3 is 31.0 Å². The number of azo groups is 2. The number of phenols is 3. The van der Waals surface area contributed by atoms with Crippen LogP contribution < -0.4 is 15.3 Å². The summed E-state index contributed by atoms with van der Waals surface area (Å²) in [6.07, 6.45) is -0.177. The van der Waals surface area contributed by atoms with Crippen LogP contribution in [0.1, 0.15) is 12.5 Å². The van der Waals surface area contributed by atoms with Gasteiger partial charge in [-0.15, -0.1) is 10.2 Å². The van der Waals surface area contributed by atoms with Gasteiger partial charge in [-0.05, 0) is 78.4 Å². The minimum absolute atomic E-state index is 0. The summed E-state index contributed by atoms with van der Waals surface area (Å²) >= 11 is 0. The largest absolute Gasteiger partial charge is 0.862 e. The molecule has 0 saturated carbocycles. The van der Waals surface area contributed by atoms with Crippen molar-refractivity contribution in [3.8, 4) is 17.2 Å². The number of para-hydroxylation sites is 1. The topological polar surface area (TPSA) is 309 Å². The SMILES string of the molecule is CC1=NN(c2ccccc2)C(=O)C1N=Nc1cc(S([NH-])(=O)=O)ccc1O.N=C([O-])Cc1cccc2ccc(O)c(N=Nc3cc(S([NH3+])(=O)=O)ccc3O)c12.[Cr]. The monoisotopic (exact) mass is 824 g/mol. The Hall–Kier alpha value is -6.08. The smallest absolute Gasteiger partial charge is 0.322 e. The Bertz CT molecular complexity index is 2610. The Morgan fingerprint density at radius 2 is 1.45 bits per heavy atom. The Balaban J connectivity index is 0.000000241. The van der Waals surface area contributed by atoms with Gasteiger partial charge in [-0.2, -0.15) is 28.8 Å². The molecule has 284 valence electrons. The molecular formula is C34H30CrN9O9S2-. The van der Waals surface area contributed by atoms with Gasteiger partial charge in [-0.25, -0.2) is 13.6 Å². The van der Waals surface area contributed by atoms with E-state index in [9.17, 15) is 42.1 Å². The van der Waals surface area contributed by atoms with Crippen LogP contribution in [0.4, 0.5) is 22.7 Å². The third kappa shape index (κ3) is 9.92. The predicted molar refractivity (Wildman–Crippen MR) is 194 cm³/mol. The van der Waals surface area contributed by atoms with Crippen molar-refractivity contribution in [2.75, 3.05) is 5.01 Å². The van der Waals surface area contributed by atoms with Crippen LogP contribution in [0.25, 0.3) is 15.9 Å². The molecule has 5 aromatic carbocycles. The number of hydrogen-bond acceptors (Lipinski definition) is 15. The number of hydrogen-bond donors (Lipinski definition) is 5. The number of fused-ring (bicyclic) bond motifs is 1. The maximum Gasteiger partial charge on any atom is 0.322 e. The Kier molecular flexibility index (Phi) is 12.8. The number of amides is 1. The minimum Gasteiger partial charge on any atom is -0.862 e. The van der Waals surface area contributed by atoms with Crippen LogP contribution in [0.2, 0.25) is 0 Å². The van der Waals surface area contributed by atoms with Gasteiger partial charge in [0, 0.05) is 29.2 Å². The molecule has 0 fully saturated rings. The normalized spacial score (nSPS) is 14.5. The molecule has 1 aliphatic heterocycles. The van der Waals surface area contributed by atoms with Crippen molar-refractivity contribution in [3.05, 3.63) is 108 Å². The molecule has 0 radical (unpaired) electrons. The van der Waals surface area contributed by atoms with E-state index >= 15 is 0 Å². The zero-order valence-electron chi connectivity index (χ0n) is 28.4. The van der Waals surface area contributed by atoms with Crippen LogP contribution in [0.15, 0.2) is 132 Å². The van der Waals surface area contributed by atoms with Gasteiger partial charge in [0.2, 0.25) is 0 Å². The van der Waals surface area contributed by atoms with E-state index < -0.39 is 37.9 Å². The third-order valence-electron chi connectivity index (χ3n) is 7.63. The zero-order chi connectivity index (χ0) is 39.4. The first kappa shape index (κ1) is 41.7. The van der Waals surface area contributed by atoms with Gasteiger partial charge >= 0.3 is 10.0 Å². The van der Waals surface area contributed by atoms with Crippen LogP contribution in [0, 0.1) is 5.41 Å². The number of hydrazone groups is 1. The summed E-state index contributed by atoms with van der Waals surface area (Å²) in [4.78, 5) is 12.0. The van der Waals surface area contributed by atoms with Crippen molar-refractivity contribution in [2.24, 2.45) is 25.6 Å². The van der Waals surface area contributed by atoms with E-state index in [1.165, 1.54) is 17.1 Å². The molecule has 5 aromatic rings. The Morgan fingerprint density at radius 1 is 0.855 bits per heavy atom. The fraction of sp³-hybridized carbons (Fsp3) is 0.0882. The number of nitrogens with zero attached hydrogens (tertiary/aromatic N) is 6. The first-order valence-corrected chi connectivity index (χ1v) is 18.6. The van der Waals surface area contributed by atoms with Gasteiger partial charge in [-0.3, -0.25) is 4.79 Å². The first-order valence-electron chi connectivity index (χ1n) is 15.4. The number of quaternary nitrogens is 1. The van der Waals surface area contributed by atoms with E-state index in [0.29, 0.717) is 27.7 Å². The summed E-state index contributed by atoms with van der Waals surface area (Å²) in [5, 5.41) is 80.6. The van der Waals surface area contributed by atoms with Crippen molar-refractivity contribution in [2.45, 2.75) is 29.2 Å². The van der Waals surface area contributed by atoms with E-state index in [-0.39, 0.29) is 67.9 Å². The summed E-state index contributed by atoms with van der Waals surface area (Å²) < 4.78 is 45.8. The van der Waals surface area contributed by atoms with E-state index in [2.05, 4.69) is 30.7 Å². The second kappa shape index (κ2) is 16.9. The van der Waals surface area contributed by atoms with Crippen molar-refractivity contribution >= 4 is 71.1 Å². The van der Waals surface area contributed by atoms with Crippen LogP contribution in [-0.2, 0) is 48.6 Å². The van der Waals surface area contributed by atoms with Gasteiger partial charge in [0.15, 0.2) is 6.04 Å². The van der Waals surface area contributed by atoms with Crippen molar-refractivity contribution < 1.29 is 64.6 Å². The van der Waals surface area contributed by atoms with Gasteiger partial charge in [0.1, 0.15) is 39.2 Å². The number of carbonyl (C=O) groups is 1. The van der Waals surface area contributed by atoms with Gasteiger partial charge in [0.25, 0.3) is 5.91 Å². The molecule has 0 aliphatic carbocycles. The maximum atomic E-state index is 12.5. The van der Waals surface area contributed by atoms with Crippen LogP contribution in [0.3, 0.4) is 0 Å². The van der Waals surface area contributed by atoms with Crippen LogP contribution in [0.5, 0.6) is 17.2 Å². The molecule has 55 heavy (non-hydrogen) atoms. The molecule has 0 spiro atoms. The molecule has 0 aromatic heterocycles. The number of sulfonamides is 2. The number of phenolic OH excluding ortho intramolecular Hbond substituents is 3. The molecule has 0 saturated heterocycles. The standard InChI is InChI=1S/C18H16N4O5S.C16H14N5O4S.Cr/c19-16(25)8-11-3-1-2-10-4-6-15(24)18(17(10)11)22-21-13-9-12(28(20,26)27)5-7-14(13)23;1-10-15(16(23)21(20-10)11-5-3-2-4-6-11)19-18-13-9-12(26(17,24)25)7-8-14(13)22;/h1-7,9,23-24H,8H2,(H2,19,25)(H2,20,26,27);2-9,15H,1H3,(H2-,17,19,22,24,25);/q;-1;. The number of aromatic hydroxyl groups is 3. The first-order chi connectivity index (χ1) is 25.4. The third-order valence-corrected chi connectivity index (χ3v) is 9.48. The predicted octanol–water partition coefficient (Wildman–Crippen LogP) is 4.48. The van der Waals surface area contributed by atoms with E-state index in [4.69, 9.17) is 10.5 Å². The molecule has 6 rings (SSSR count). The Morgan fingerprint density at radius 3 is 2.07 bits per heavy atom. The van der Waals surface area contributed by atoms with Gasteiger partial charge in [-0.1, -0.05) is 42.5 Å². The van der Waals surface area contributed by atoms with E-state index in [0.717, 1.165) is 30.3 Å². The van der Waals surface area contributed by atoms with Crippen molar-refractivity contribution in [3.63, 3.8) is 0 Å². The molecule has 1 atom stereocenters. The summed E-state index contributed by atoms with van der Waals surface area (Å²) in [5.74, 6) is -2.06. The summed E-state index contributed by atoms with van der Waals surface area (Å²) in [6, 6.07) is 22.6. The van der Waals surface area contributed by atoms with Crippen molar-refractivity contribution in [1.29, 1.82) is 5.41 Å². The van der Waals surface area contributed by atoms with Crippen LogP contribution in [-0.4, -0.2) is 55.7 Å². The number of anilines is 1. The zero-order valence-corrected chi connectivity index (χ0v) is 31.3. The molecule has 1 amide bonds. The average Bonchev–Trinajstić information content (AvgIpc) is 3.39. The number of rotatable bonds is 9. The fourth-order valence-corrected chi connectivity index (χ4v) is 6.12. The fourth-order valence-electron chi connectivity index (χ4n) is 5.04. The summed E-state index contributed by atoms with van der Waals surface area (Å²) in [7, 11) is -7.97. The van der Waals surface area contributed by atoms with Crippen LogP contribution >= 0.6 is 0 Å².